The normalized spacial score (nSPS) is 31.2. The Morgan fingerprint density at radius 2 is 2.19 bits per heavy atom. The molecule has 116 valence electrons. The van der Waals surface area contributed by atoms with Crippen LogP contribution in [0.15, 0.2) is 24.3 Å². The molecule has 1 aromatic rings. The molecule has 0 saturated carbocycles. The first kappa shape index (κ1) is 15.3. The standard InChI is InChI=1S/C18H27ClN2/c1-2-21-11-4-7-18(9-12-21)8-10-20-14-17(18)15-5-3-6-16(19)13-15/h3,5-6,13,17,20H,2,4,7-12,14H2,1H3. The number of nitrogens with one attached hydrogen (secondary N) is 1. The van der Waals surface area contributed by atoms with E-state index in [0.29, 0.717) is 11.3 Å². The van der Waals surface area contributed by atoms with Gasteiger partial charge in [0.1, 0.15) is 0 Å². The first-order valence-electron chi connectivity index (χ1n) is 8.42. The highest BCUT2D eigenvalue weighted by molar-refractivity contribution is 6.30. The number of piperidine rings is 1. The Morgan fingerprint density at radius 3 is 3.00 bits per heavy atom. The summed E-state index contributed by atoms with van der Waals surface area (Å²) in [5.74, 6) is 0.613. The Bertz CT molecular complexity index is 476. The van der Waals surface area contributed by atoms with Crippen LogP contribution in [0.2, 0.25) is 5.02 Å². The molecule has 0 bridgehead atoms. The molecule has 0 aliphatic carbocycles. The minimum Gasteiger partial charge on any atom is -0.316 e. The number of nitrogens with zero attached hydrogens (tertiary/aromatic N) is 1. The number of likely N-dealkylation sites (tertiary alicyclic amines) is 1. The Morgan fingerprint density at radius 1 is 1.29 bits per heavy atom. The summed E-state index contributed by atoms with van der Waals surface area (Å²) in [6, 6.07) is 8.55. The first-order chi connectivity index (χ1) is 10.2. The largest absolute Gasteiger partial charge is 0.316 e. The van der Waals surface area contributed by atoms with Gasteiger partial charge in [-0.25, -0.2) is 0 Å². The van der Waals surface area contributed by atoms with Crippen LogP contribution in [0.25, 0.3) is 0 Å². The SMILES string of the molecule is CCN1CCCC2(CCNCC2c2cccc(Cl)c2)CC1. The van der Waals surface area contributed by atoms with Crippen LogP contribution in [0.3, 0.4) is 0 Å². The van der Waals surface area contributed by atoms with Crippen molar-refractivity contribution in [2.24, 2.45) is 5.41 Å². The summed E-state index contributed by atoms with van der Waals surface area (Å²) in [5.41, 5.74) is 1.90. The van der Waals surface area contributed by atoms with E-state index in [0.717, 1.165) is 11.6 Å². The monoisotopic (exact) mass is 306 g/mol. The van der Waals surface area contributed by atoms with Crippen molar-refractivity contribution in [2.45, 2.75) is 38.5 Å². The van der Waals surface area contributed by atoms with Gasteiger partial charge in [-0.2, -0.15) is 0 Å². The fourth-order valence-electron chi connectivity index (χ4n) is 4.36. The lowest BCUT2D eigenvalue weighted by Gasteiger charge is -2.45. The van der Waals surface area contributed by atoms with E-state index in [1.807, 2.05) is 6.07 Å². The zero-order valence-corrected chi connectivity index (χ0v) is 13.8. The molecule has 0 aromatic heterocycles. The molecule has 2 unspecified atom stereocenters. The van der Waals surface area contributed by atoms with E-state index >= 15 is 0 Å². The third kappa shape index (κ3) is 3.28. The number of hydrogen-bond acceptors (Lipinski definition) is 2. The van der Waals surface area contributed by atoms with E-state index in [1.165, 1.54) is 57.4 Å². The van der Waals surface area contributed by atoms with E-state index in [2.05, 4.69) is 35.3 Å². The first-order valence-corrected chi connectivity index (χ1v) is 8.80. The number of halogens is 1. The third-order valence-corrected chi connectivity index (χ3v) is 5.90. The van der Waals surface area contributed by atoms with E-state index < -0.39 is 0 Å². The van der Waals surface area contributed by atoms with Crippen LogP contribution in [-0.2, 0) is 0 Å². The van der Waals surface area contributed by atoms with Crippen LogP contribution in [0, 0.1) is 5.41 Å². The Kier molecular flexibility index (Phi) is 4.88. The van der Waals surface area contributed by atoms with Crippen molar-refractivity contribution in [3.63, 3.8) is 0 Å². The number of hydrogen-bond donors (Lipinski definition) is 1. The molecular formula is C18H27ClN2. The van der Waals surface area contributed by atoms with Crippen molar-refractivity contribution in [1.82, 2.24) is 10.2 Å². The predicted octanol–water partition coefficient (Wildman–Crippen LogP) is 3.91. The molecule has 3 heteroatoms. The predicted molar refractivity (Wildman–Crippen MR) is 90.1 cm³/mol. The summed E-state index contributed by atoms with van der Waals surface area (Å²) >= 11 is 6.24. The molecule has 2 fully saturated rings. The summed E-state index contributed by atoms with van der Waals surface area (Å²) in [7, 11) is 0. The van der Waals surface area contributed by atoms with Gasteiger partial charge in [-0.05, 0) is 75.0 Å². The lowest BCUT2D eigenvalue weighted by molar-refractivity contribution is 0.135. The van der Waals surface area contributed by atoms with Gasteiger partial charge in [0.25, 0.3) is 0 Å². The second kappa shape index (κ2) is 6.68. The average molecular weight is 307 g/mol. The molecule has 3 rings (SSSR count). The number of rotatable bonds is 2. The van der Waals surface area contributed by atoms with Gasteiger partial charge >= 0.3 is 0 Å². The van der Waals surface area contributed by atoms with Gasteiger partial charge in [0.05, 0.1) is 0 Å². The van der Waals surface area contributed by atoms with Gasteiger partial charge in [-0.15, -0.1) is 0 Å². The summed E-state index contributed by atoms with van der Waals surface area (Å²) in [6.45, 7) is 8.28. The van der Waals surface area contributed by atoms with Crippen molar-refractivity contribution in [2.75, 3.05) is 32.7 Å². The van der Waals surface area contributed by atoms with Gasteiger partial charge in [0.15, 0.2) is 0 Å². The summed E-state index contributed by atoms with van der Waals surface area (Å²) < 4.78 is 0. The van der Waals surface area contributed by atoms with E-state index in [1.54, 1.807) is 0 Å². The van der Waals surface area contributed by atoms with Crippen LogP contribution in [0.1, 0.15) is 44.1 Å². The van der Waals surface area contributed by atoms with Gasteiger partial charge in [0, 0.05) is 17.5 Å². The molecule has 1 N–H and O–H groups in total. The zero-order valence-electron chi connectivity index (χ0n) is 13.1. The molecule has 1 spiro atoms. The van der Waals surface area contributed by atoms with E-state index in [9.17, 15) is 0 Å². The van der Waals surface area contributed by atoms with Crippen LogP contribution < -0.4 is 5.32 Å². The fraction of sp³-hybridized carbons (Fsp3) is 0.667. The second-order valence-electron chi connectivity index (χ2n) is 6.71. The molecule has 21 heavy (non-hydrogen) atoms. The highest BCUT2D eigenvalue weighted by Gasteiger charge is 2.42. The lowest BCUT2D eigenvalue weighted by Crippen LogP contribution is -2.44. The molecule has 2 atom stereocenters. The Balaban J connectivity index is 1.86. The van der Waals surface area contributed by atoms with Crippen molar-refractivity contribution < 1.29 is 0 Å². The molecule has 0 amide bonds. The minimum atomic E-state index is 0.472. The molecule has 2 saturated heterocycles. The van der Waals surface area contributed by atoms with Crippen molar-refractivity contribution in [1.29, 1.82) is 0 Å². The summed E-state index contributed by atoms with van der Waals surface area (Å²) in [5, 5.41) is 4.49. The van der Waals surface area contributed by atoms with Crippen molar-refractivity contribution in [3.8, 4) is 0 Å². The van der Waals surface area contributed by atoms with Gasteiger partial charge in [-0.3, -0.25) is 0 Å². The minimum absolute atomic E-state index is 0.472. The second-order valence-corrected chi connectivity index (χ2v) is 7.15. The lowest BCUT2D eigenvalue weighted by atomic mass is 9.64. The smallest absolute Gasteiger partial charge is 0.0408 e. The summed E-state index contributed by atoms with van der Waals surface area (Å²) in [4.78, 5) is 2.62. The average Bonchev–Trinajstić information content (AvgIpc) is 2.71. The Hall–Kier alpha value is -0.570. The fourth-order valence-corrected chi connectivity index (χ4v) is 4.55. The van der Waals surface area contributed by atoms with Gasteiger partial charge in [-0.1, -0.05) is 30.7 Å². The van der Waals surface area contributed by atoms with Crippen molar-refractivity contribution in [3.05, 3.63) is 34.9 Å². The van der Waals surface area contributed by atoms with Gasteiger partial charge < -0.3 is 10.2 Å². The van der Waals surface area contributed by atoms with Gasteiger partial charge in [0.2, 0.25) is 0 Å². The maximum absolute atomic E-state index is 6.24. The maximum Gasteiger partial charge on any atom is 0.0408 e. The molecule has 2 aliphatic rings. The van der Waals surface area contributed by atoms with E-state index in [-0.39, 0.29) is 0 Å². The maximum atomic E-state index is 6.24. The Labute approximate surface area is 133 Å². The molecular weight excluding hydrogens is 280 g/mol. The van der Waals surface area contributed by atoms with E-state index in [4.69, 9.17) is 11.6 Å². The highest BCUT2D eigenvalue weighted by Crippen LogP contribution is 2.48. The van der Waals surface area contributed by atoms with Crippen LogP contribution in [0.4, 0.5) is 0 Å². The molecule has 2 aliphatic heterocycles. The zero-order chi connectivity index (χ0) is 14.7. The van der Waals surface area contributed by atoms with Crippen molar-refractivity contribution >= 4 is 11.6 Å². The van der Waals surface area contributed by atoms with Crippen LogP contribution >= 0.6 is 11.6 Å². The molecule has 1 aromatic carbocycles. The highest BCUT2D eigenvalue weighted by atomic mass is 35.5. The van der Waals surface area contributed by atoms with Crippen LogP contribution in [0.5, 0.6) is 0 Å². The third-order valence-electron chi connectivity index (χ3n) is 5.66. The summed E-state index contributed by atoms with van der Waals surface area (Å²) in [6.07, 6.45) is 5.34. The molecule has 2 heterocycles. The molecule has 0 radical (unpaired) electrons. The molecule has 2 nitrogen and oxygen atoms in total. The van der Waals surface area contributed by atoms with Crippen LogP contribution in [-0.4, -0.2) is 37.6 Å². The number of benzene rings is 1. The quantitative estimate of drug-likeness (QED) is 0.891. The topological polar surface area (TPSA) is 15.3 Å².